The molecule has 0 fully saturated rings. The first kappa shape index (κ1) is 14.0. The molecule has 19 heavy (non-hydrogen) atoms. The average Bonchev–Trinajstić information content (AvgIpc) is 2.32. The third-order valence-corrected chi connectivity index (χ3v) is 3.21. The Kier molecular flexibility index (Phi) is 4.20. The van der Waals surface area contributed by atoms with Crippen LogP contribution in [0, 0.1) is 12.7 Å². The lowest BCUT2D eigenvalue weighted by Gasteiger charge is -2.14. The van der Waals surface area contributed by atoms with Crippen molar-refractivity contribution in [1.29, 1.82) is 0 Å². The van der Waals surface area contributed by atoms with Gasteiger partial charge in [0.2, 0.25) is 0 Å². The summed E-state index contributed by atoms with van der Waals surface area (Å²) in [4.78, 5) is 3.96. The summed E-state index contributed by atoms with van der Waals surface area (Å²) in [5.74, 6) is 0.471. The molecular formula is C15H15BrFNO. The number of hydrogen-bond donors (Lipinski definition) is 0. The topological polar surface area (TPSA) is 22.1 Å². The Morgan fingerprint density at radius 2 is 2.00 bits per heavy atom. The largest absolute Gasteiger partial charge is 0.436 e. The highest BCUT2D eigenvalue weighted by molar-refractivity contribution is 9.10. The molecule has 0 spiro atoms. The van der Waals surface area contributed by atoms with Gasteiger partial charge in [0.15, 0.2) is 5.82 Å². The molecular weight excluding hydrogens is 309 g/mol. The first-order chi connectivity index (χ1) is 8.97. The van der Waals surface area contributed by atoms with E-state index in [1.807, 2.05) is 25.1 Å². The third-order valence-electron chi connectivity index (χ3n) is 2.77. The summed E-state index contributed by atoms with van der Waals surface area (Å²) in [7, 11) is 0. The zero-order valence-electron chi connectivity index (χ0n) is 11.1. The highest BCUT2D eigenvalue weighted by Gasteiger charge is 2.12. The van der Waals surface area contributed by atoms with E-state index in [0.717, 1.165) is 11.1 Å². The van der Waals surface area contributed by atoms with Gasteiger partial charge < -0.3 is 4.74 Å². The Morgan fingerprint density at radius 1 is 1.26 bits per heavy atom. The summed E-state index contributed by atoms with van der Waals surface area (Å²) >= 11 is 3.17. The number of aryl methyl sites for hydroxylation is 1. The second kappa shape index (κ2) is 5.70. The molecule has 4 heteroatoms. The minimum atomic E-state index is -0.481. The number of rotatable bonds is 3. The smallest absolute Gasteiger partial charge is 0.255 e. The van der Waals surface area contributed by atoms with E-state index in [1.54, 1.807) is 0 Å². The van der Waals surface area contributed by atoms with Crippen LogP contribution in [0.5, 0.6) is 11.6 Å². The van der Waals surface area contributed by atoms with E-state index in [0.29, 0.717) is 16.1 Å². The van der Waals surface area contributed by atoms with Crippen molar-refractivity contribution in [1.82, 2.24) is 4.98 Å². The van der Waals surface area contributed by atoms with Crippen molar-refractivity contribution in [3.8, 4) is 11.6 Å². The van der Waals surface area contributed by atoms with Gasteiger partial charge in [0, 0.05) is 10.7 Å². The minimum Gasteiger partial charge on any atom is -0.436 e. The molecule has 0 amide bonds. The highest BCUT2D eigenvalue weighted by Crippen LogP contribution is 2.32. The van der Waals surface area contributed by atoms with Crippen LogP contribution in [0.25, 0.3) is 0 Å². The van der Waals surface area contributed by atoms with Crippen molar-refractivity contribution in [2.75, 3.05) is 0 Å². The molecule has 0 N–H and O–H groups in total. The van der Waals surface area contributed by atoms with Crippen LogP contribution >= 0.6 is 15.9 Å². The number of benzene rings is 1. The lowest BCUT2D eigenvalue weighted by atomic mass is 10.0. The summed E-state index contributed by atoms with van der Waals surface area (Å²) in [6.45, 7) is 6.12. The van der Waals surface area contributed by atoms with Gasteiger partial charge in [-0.1, -0.05) is 26.0 Å². The van der Waals surface area contributed by atoms with Gasteiger partial charge >= 0.3 is 0 Å². The molecule has 2 aromatic rings. The number of hydrogen-bond acceptors (Lipinski definition) is 2. The van der Waals surface area contributed by atoms with Crippen LogP contribution in [0.4, 0.5) is 4.39 Å². The van der Waals surface area contributed by atoms with Crippen LogP contribution in [-0.4, -0.2) is 4.98 Å². The fraction of sp³-hybridized carbons (Fsp3) is 0.267. The van der Waals surface area contributed by atoms with E-state index >= 15 is 0 Å². The molecule has 2 nitrogen and oxygen atoms in total. The molecule has 0 atom stereocenters. The van der Waals surface area contributed by atoms with E-state index in [4.69, 9.17) is 4.74 Å². The Morgan fingerprint density at radius 3 is 2.63 bits per heavy atom. The van der Waals surface area contributed by atoms with Crippen molar-refractivity contribution in [3.05, 3.63) is 51.9 Å². The van der Waals surface area contributed by atoms with Crippen LogP contribution in [-0.2, 0) is 0 Å². The normalized spacial score (nSPS) is 10.8. The second-order valence-corrected chi connectivity index (χ2v) is 5.65. The Labute approximate surface area is 120 Å². The standard InChI is InChI=1S/C15H15BrFNO/c1-9(2)12-5-4-10(3)6-14(12)19-15-13(17)7-11(16)8-18-15/h4-9H,1-3H3. The van der Waals surface area contributed by atoms with Crippen molar-refractivity contribution < 1.29 is 9.13 Å². The van der Waals surface area contributed by atoms with Crippen LogP contribution in [0.15, 0.2) is 34.9 Å². The quantitative estimate of drug-likeness (QED) is 0.773. The maximum atomic E-state index is 13.8. The predicted molar refractivity (Wildman–Crippen MR) is 77.2 cm³/mol. The molecule has 100 valence electrons. The van der Waals surface area contributed by atoms with Crippen molar-refractivity contribution >= 4 is 15.9 Å². The average molecular weight is 324 g/mol. The van der Waals surface area contributed by atoms with E-state index in [1.165, 1.54) is 12.3 Å². The fourth-order valence-electron chi connectivity index (χ4n) is 1.79. The Balaban J connectivity index is 2.39. The zero-order chi connectivity index (χ0) is 14.0. The van der Waals surface area contributed by atoms with Gasteiger partial charge in [-0.15, -0.1) is 0 Å². The number of nitrogens with zero attached hydrogens (tertiary/aromatic N) is 1. The molecule has 0 radical (unpaired) electrons. The number of pyridine rings is 1. The van der Waals surface area contributed by atoms with E-state index in [-0.39, 0.29) is 5.88 Å². The first-order valence-corrected chi connectivity index (χ1v) is 6.86. The van der Waals surface area contributed by atoms with Gasteiger partial charge in [-0.25, -0.2) is 9.37 Å². The molecule has 2 rings (SSSR count). The Bertz CT molecular complexity index is 599. The summed E-state index contributed by atoms with van der Waals surface area (Å²) in [6, 6.07) is 7.27. The second-order valence-electron chi connectivity index (χ2n) is 4.74. The monoisotopic (exact) mass is 323 g/mol. The lowest BCUT2D eigenvalue weighted by molar-refractivity contribution is 0.416. The van der Waals surface area contributed by atoms with Gasteiger partial charge in [-0.3, -0.25) is 0 Å². The molecule has 1 aromatic heterocycles. The lowest BCUT2D eigenvalue weighted by Crippen LogP contribution is -1.97. The number of halogens is 2. The molecule has 0 aliphatic heterocycles. The minimum absolute atomic E-state index is 0.00398. The van der Waals surface area contributed by atoms with Crippen LogP contribution in [0.2, 0.25) is 0 Å². The molecule has 0 aliphatic carbocycles. The summed E-state index contributed by atoms with van der Waals surface area (Å²) < 4.78 is 20.0. The van der Waals surface area contributed by atoms with E-state index < -0.39 is 5.82 Å². The molecule has 0 saturated carbocycles. The van der Waals surface area contributed by atoms with Crippen molar-refractivity contribution in [3.63, 3.8) is 0 Å². The fourth-order valence-corrected chi connectivity index (χ4v) is 2.09. The first-order valence-electron chi connectivity index (χ1n) is 6.07. The molecule has 0 saturated heterocycles. The van der Waals surface area contributed by atoms with Gasteiger partial charge in [-0.2, -0.15) is 0 Å². The molecule has 0 unspecified atom stereocenters. The Hall–Kier alpha value is -1.42. The molecule has 0 bridgehead atoms. The van der Waals surface area contributed by atoms with Crippen molar-refractivity contribution in [2.24, 2.45) is 0 Å². The van der Waals surface area contributed by atoms with E-state index in [9.17, 15) is 4.39 Å². The van der Waals surface area contributed by atoms with Gasteiger partial charge in [0.25, 0.3) is 5.88 Å². The van der Waals surface area contributed by atoms with Crippen LogP contribution < -0.4 is 4.74 Å². The maximum Gasteiger partial charge on any atom is 0.255 e. The van der Waals surface area contributed by atoms with Crippen LogP contribution in [0.1, 0.15) is 30.9 Å². The molecule has 1 aromatic carbocycles. The SMILES string of the molecule is Cc1ccc(C(C)C)c(Oc2ncc(Br)cc2F)c1. The summed E-state index contributed by atoms with van der Waals surface area (Å²) in [6.07, 6.45) is 1.52. The third kappa shape index (κ3) is 3.32. The zero-order valence-corrected chi connectivity index (χ0v) is 12.7. The van der Waals surface area contributed by atoms with Gasteiger partial charge in [0.05, 0.1) is 0 Å². The number of ether oxygens (including phenoxy) is 1. The van der Waals surface area contributed by atoms with Gasteiger partial charge in [0.1, 0.15) is 5.75 Å². The molecule has 0 aliphatic rings. The highest BCUT2D eigenvalue weighted by atomic mass is 79.9. The predicted octanol–water partition coefficient (Wildman–Crippen LogP) is 5.21. The number of aromatic nitrogens is 1. The van der Waals surface area contributed by atoms with Gasteiger partial charge in [-0.05, 0) is 52.0 Å². The summed E-state index contributed by atoms with van der Waals surface area (Å²) in [5.41, 5.74) is 2.10. The van der Waals surface area contributed by atoms with Crippen LogP contribution in [0.3, 0.4) is 0 Å². The molecule has 1 heterocycles. The maximum absolute atomic E-state index is 13.8. The van der Waals surface area contributed by atoms with Crippen molar-refractivity contribution in [2.45, 2.75) is 26.7 Å². The summed E-state index contributed by atoms with van der Waals surface area (Å²) in [5, 5.41) is 0. The van der Waals surface area contributed by atoms with E-state index in [2.05, 4.69) is 34.8 Å².